The summed E-state index contributed by atoms with van der Waals surface area (Å²) in [5.41, 5.74) is 1.78. The van der Waals surface area contributed by atoms with Gasteiger partial charge < -0.3 is 4.57 Å². The van der Waals surface area contributed by atoms with Crippen LogP contribution >= 0.6 is 0 Å². The van der Waals surface area contributed by atoms with E-state index in [1.54, 1.807) is 0 Å². The minimum Gasteiger partial charge on any atom is -0.334 e. The van der Waals surface area contributed by atoms with Crippen molar-refractivity contribution in [3.63, 3.8) is 0 Å². The first-order chi connectivity index (χ1) is 6.69. The molecule has 0 saturated heterocycles. The average molecular weight is 190 g/mol. The summed E-state index contributed by atoms with van der Waals surface area (Å²) in [4.78, 5) is 4.83. The summed E-state index contributed by atoms with van der Waals surface area (Å²) in [6, 6.07) is 0. The maximum absolute atomic E-state index is 4.83. The fraction of sp³-hybridized carbons (Fsp3) is 0.750. The van der Waals surface area contributed by atoms with Gasteiger partial charge in [0.15, 0.2) is 0 Å². The Hall–Kier alpha value is -0.790. The van der Waals surface area contributed by atoms with Crippen molar-refractivity contribution in [1.29, 1.82) is 0 Å². The molecule has 0 spiro atoms. The first-order valence-electron chi connectivity index (χ1n) is 5.77. The van der Waals surface area contributed by atoms with Crippen LogP contribution in [0.3, 0.4) is 0 Å². The van der Waals surface area contributed by atoms with Crippen molar-refractivity contribution < 1.29 is 0 Å². The van der Waals surface area contributed by atoms with Gasteiger partial charge in [-0.15, -0.1) is 0 Å². The van der Waals surface area contributed by atoms with Crippen molar-refractivity contribution in [1.82, 2.24) is 9.55 Å². The van der Waals surface area contributed by atoms with Crippen LogP contribution in [0.5, 0.6) is 0 Å². The molecule has 1 fully saturated rings. The number of hydrogen-bond donors (Lipinski definition) is 0. The highest BCUT2D eigenvalue weighted by atomic mass is 15.1. The lowest BCUT2D eigenvalue weighted by atomic mass is 10.0. The van der Waals surface area contributed by atoms with Gasteiger partial charge in [0.25, 0.3) is 0 Å². The summed E-state index contributed by atoms with van der Waals surface area (Å²) in [5.74, 6) is 2.00. The molecule has 3 rings (SSSR count). The molecule has 1 atom stereocenters. The predicted octanol–water partition coefficient (Wildman–Crippen LogP) is 2.83. The molecule has 2 heteroatoms. The van der Waals surface area contributed by atoms with E-state index in [0.29, 0.717) is 11.3 Å². The summed E-state index contributed by atoms with van der Waals surface area (Å²) in [7, 11) is 0. The van der Waals surface area contributed by atoms with Crippen LogP contribution in [0.2, 0.25) is 0 Å². The summed E-state index contributed by atoms with van der Waals surface area (Å²) in [6.45, 7) is 5.83. The van der Waals surface area contributed by atoms with Crippen LogP contribution in [0.4, 0.5) is 0 Å². The molecule has 1 saturated carbocycles. The number of aryl methyl sites for hydroxylation is 1. The van der Waals surface area contributed by atoms with E-state index in [1.165, 1.54) is 43.7 Å². The zero-order valence-electron chi connectivity index (χ0n) is 9.08. The molecule has 0 N–H and O–H groups in total. The third-order valence-electron chi connectivity index (χ3n) is 3.90. The standard InChI is InChI=1S/C12H18N2/c1-9-4-3-7-14-8-10(13-11(9)14)12(2)5-6-12/h8-9H,3-7H2,1-2H3. The zero-order valence-corrected chi connectivity index (χ0v) is 9.08. The van der Waals surface area contributed by atoms with Gasteiger partial charge in [0.05, 0.1) is 5.69 Å². The van der Waals surface area contributed by atoms with E-state index >= 15 is 0 Å². The fourth-order valence-corrected chi connectivity index (χ4v) is 2.43. The van der Waals surface area contributed by atoms with Crippen LogP contribution < -0.4 is 0 Å². The van der Waals surface area contributed by atoms with Crippen LogP contribution in [0.25, 0.3) is 0 Å². The van der Waals surface area contributed by atoms with Gasteiger partial charge in [0.1, 0.15) is 5.82 Å². The molecule has 0 bridgehead atoms. The van der Waals surface area contributed by atoms with E-state index in [-0.39, 0.29) is 0 Å². The second-order valence-corrected chi connectivity index (χ2v) is 5.28. The first kappa shape index (κ1) is 8.51. The molecule has 2 heterocycles. The molecule has 1 aliphatic heterocycles. The normalized spacial score (nSPS) is 28.6. The SMILES string of the molecule is CC1CCCn2cc(C3(C)CC3)nc21. The van der Waals surface area contributed by atoms with E-state index in [1.807, 2.05) is 0 Å². The minimum atomic E-state index is 0.435. The average Bonchev–Trinajstić information content (AvgIpc) is 2.77. The molecule has 2 aliphatic rings. The van der Waals surface area contributed by atoms with Gasteiger partial charge in [0, 0.05) is 24.1 Å². The van der Waals surface area contributed by atoms with Crippen molar-refractivity contribution >= 4 is 0 Å². The summed E-state index contributed by atoms with van der Waals surface area (Å²) in [5, 5.41) is 0. The Morgan fingerprint density at radius 3 is 2.93 bits per heavy atom. The van der Waals surface area contributed by atoms with Crippen molar-refractivity contribution in [3.8, 4) is 0 Å². The Labute approximate surface area is 85.3 Å². The highest BCUT2D eigenvalue weighted by Crippen LogP contribution is 2.47. The van der Waals surface area contributed by atoms with Crippen molar-refractivity contribution in [2.75, 3.05) is 0 Å². The third kappa shape index (κ3) is 1.13. The van der Waals surface area contributed by atoms with Crippen molar-refractivity contribution in [2.24, 2.45) is 0 Å². The molecule has 0 aromatic carbocycles. The fourth-order valence-electron chi connectivity index (χ4n) is 2.43. The molecule has 1 unspecified atom stereocenters. The van der Waals surface area contributed by atoms with E-state index < -0.39 is 0 Å². The Bertz CT molecular complexity index is 360. The molecular weight excluding hydrogens is 172 g/mol. The second-order valence-electron chi connectivity index (χ2n) is 5.28. The lowest BCUT2D eigenvalue weighted by Crippen LogP contribution is -2.12. The van der Waals surface area contributed by atoms with Gasteiger partial charge in [-0.05, 0) is 25.7 Å². The van der Waals surface area contributed by atoms with Crippen molar-refractivity contribution in [3.05, 3.63) is 17.7 Å². The molecule has 1 aliphatic carbocycles. The van der Waals surface area contributed by atoms with Crippen LogP contribution in [-0.2, 0) is 12.0 Å². The van der Waals surface area contributed by atoms with Crippen LogP contribution in [0, 0.1) is 0 Å². The summed E-state index contributed by atoms with van der Waals surface area (Å²) >= 11 is 0. The number of rotatable bonds is 1. The highest BCUT2D eigenvalue weighted by Gasteiger charge is 2.42. The molecule has 14 heavy (non-hydrogen) atoms. The van der Waals surface area contributed by atoms with Gasteiger partial charge in [0.2, 0.25) is 0 Å². The largest absolute Gasteiger partial charge is 0.334 e. The number of aromatic nitrogens is 2. The Kier molecular flexibility index (Phi) is 1.59. The van der Waals surface area contributed by atoms with E-state index in [4.69, 9.17) is 4.98 Å². The molecule has 0 radical (unpaired) electrons. The van der Waals surface area contributed by atoms with Gasteiger partial charge in [-0.25, -0.2) is 4.98 Å². The topological polar surface area (TPSA) is 17.8 Å². The third-order valence-corrected chi connectivity index (χ3v) is 3.90. The number of imidazole rings is 1. The number of hydrogen-bond acceptors (Lipinski definition) is 1. The lowest BCUT2D eigenvalue weighted by Gasteiger charge is -2.19. The Balaban J connectivity index is 2.02. The number of fused-ring (bicyclic) bond motifs is 1. The molecule has 1 aromatic heterocycles. The first-order valence-corrected chi connectivity index (χ1v) is 5.77. The second kappa shape index (κ2) is 2.62. The van der Waals surface area contributed by atoms with Gasteiger partial charge >= 0.3 is 0 Å². The smallest absolute Gasteiger partial charge is 0.111 e. The monoisotopic (exact) mass is 190 g/mol. The van der Waals surface area contributed by atoms with Gasteiger partial charge in [-0.3, -0.25) is 0 Å². The maximum atomic E-state index is 4.83. The van der Waals surface area contributed by atoms with Crippen LogP contribution in [0.1, 0.15) is 57.0 Å². The summed E-state index contributed by atoms with van der Waals surface area (Å²) in [6.07, 6.45) is 7.60. The number of nitrogens with zero attached hydrogens (tertiary/aromatic N) is 2. The van der Waals surface area contributed by atoms with E-state index in [9.17, 15) is 0 Å². The lowest BCUT2D eigenvalue weighted by molar-refractivity contribution is 0.463. The van der Waals surface area contributed by atoms with Crippen LogP contribution in [-0.4, -0.2) is 9.55 Å². The maximum Gasteiger partial charge on any atom is 0.111 e. The summed E-state index contributed by atoms with van der Waals surface area (Å²) < 4.78 is 2.38. The molecular formula is C12H18N2. The van der Waals surface area contributed by atoms with Crippen LogP contribution in [0.15, 0.2) is 6.20 Å². The van der Waals surface area contributed by atoms with E-state index in [2.05, 4.69) is 24.6 Å². The van der Waals surface area contributed by atoms with E-state index in [0.717, 1.165) is 0 Å². The predicted molar refractivity (Wildman–Crippen MR) is 56.5 cm³/mol. The minimum absolute atomic E-state index is 0.435. The zero-order chi connectivity index (χ0) is 9.76. The molecule has 2 nitrogen and oxygen atoms in total. The molecule has 1 aromatic rings. The quantitative estimate of drug-likeness (QED) is 0.666. The van der Waals surface area contributed by atoms with Gasteiger partial charge in [-0.1, -0.05) is 13.8 Å². The van der Waals surface area contributed by atoms with Gasteiger partial charge in [-0.2, -0.15) is 0 Å². The van der Waals surface area contributed by atoms with Crippen molar-refractivity contribution in [2.45, 2.75) is 57.4 Å². The Morgan fingerprint density at radius 1 is 1.50 bits per heavy atom. The highest BCUT2D eigenvalue weighted by molar-refractivity contribution is 5.24. The Morgan fingerprint density at radius 2 is 2.29 bits per heavy atom. The molecule has 76 valence electrons. The molecule has 0 amide bonds.